The van der Waals surface area contributed by atoms with Gasteiger partial charge in [0, 0.05) is 18.8 Å². The van der Waals surface area contributed by atoms with Gasteiger partial charge in [0.25, 0.3) is 0 Å². The maximum absolute atomic E-state index is 7.33. The third-order valence-electron chi connectivity index (χ3n) is 7.07. The van der Waals surface area contributed by atoms with Gasteiger partial charge in [0.2, 0.25) is 0 Å². The van der Waals surface area contributed by atoms with E-state index in [1.54, 1.807) is 0 Å². The van der Waals surface area contributed by atoms with Crippen molar-refractivity contribution in [3.05, 3.63) is 71.8 Å². The highest BCUT2D eigenvalue weighted by Gasteiger charge is 2.59. The fraction of sp³-hybridized carbons (Fsp3) is 0.484. The fourth-order valence-electron chi connectivity index (χ4n) is 5.36. The number of fused-ring (bicyclic) bond motifs is 1. The third-order valence-corrected chi connectivity index (χ3v) is 9.32. The molecule has 1 saturated heterocycles. The van der Waals surface area contributed by atoms with Crippen LogP contribution in [0.15, 0.2) is 60.7 Å². The van der Waals surface area contributed by atoms with Crippen LogP contribution in [0.4, 0.5) is 0 Å². The summed E-state index contributed by atoms with van der Waals surface area (Å²) in [6, 6.07) is 21.5. The van der Waals surface area contributed by atoms with Crippen molar-refractivity contribution in [2.75, 3.05) is 0 Å². The van der Waals surface area contributed by atoms with Crippen molar-refractivity contribution in [2.45, 2.75) is 89.8 Å². The van der Waals surface area contributed by atoms with Crippen LogP contribution < -0.4 is 0 Å². The minimum absolute atomic E-state index is 0.121. The minimum Gasteiger partial charge on any atom is -0.373 e. The molecule has 1 heterocycles. The molecule has 0 unspecified atom stereocenters. The topological polar surface area (TPSA) is 18.5 Å². The predicted octanol–water partition coefficient (Wildman–Crippen LogP) is 7.44. The van der Waals surface area contributed by atoms with E-state index in [9.17, 15) is 0 Å². The Bertz CT molecular complexity index is 960. The molecule has 1 saturated carbocycles. The molecule has 34 heavy (non-hydrogen) atoms. The number of hydrogen-bond acceptors (Lipinski definition) is 2. The van der Waals surface area contributed by atoms with Gasteiger partial charge in [-0.1, -0.05) is 111 Å². The molecule has 2 fully saturated rings. The van der Waals surface area contributed by atoms with Crippen molar-refractivity contribution < 1.29 is 8.85 Å². The van der Waals surface area contributed by atoms with Crippen LogP contribution >= 0.6 is 0 Å². The average Bonchev–Trinajstić information content (AvgIpc) is 2.90. The standard InChI is InChI=1S/C31H38O2Si/c1-3-5-7-17-25-34(26-18-8-6-4-2)32-30-24-16-15-23-29(30)31(33-34,27-19-11-9-12-20-27)28-21-13-10-14-22-28/h9-14,19-22,29-30H,3-8,15-16,23-24H2,1-2H3/t29-,30+/m1/s1. The molecule has 2 aromatic rings. The molecule has 2 aliphatic rings. The van der Waals surface area contributed by atoms with Gasteiger partial charge in [-0.05, 0) is 36.8 Å². The summed E-state index contributed by atoms with van der Waals surface area (Å²) in [6.07, 6.45) is 10.8. The van der Waals surface area contributed by atoms with Gasteiger partial charge < -0.3 is 8.85 Å². The van der Waals surface area contributed by atoms with E-state index in [2.05, 4.69) is 97.4 Å². The molecule has 4 rings (SSSR count). The van der Waals surface area contributed by atoms with Crippen molar-refractivity contribution in [3.8, 4) is 22.9 Å². The second-order valence-electron chi connectivity index (χ2n) is 9.54. The molecule has 0 amide bonds. The zero-order chi connectivity index (χ0) is 23.7. The van der Waals surface area contributed by atoms with Crippen molar-refractivity contribution in [2.24, 2.45) is 5.92 Å². The number of rotatable bonds is 6. The second-order valence-corrected chi connectivity index (χ2v) is 11.7. The Balaban J connectivity index is 1.88. The zero-order valence-electron chi connectivity index (χ0n) is 20.8. The van der Waals surface area contributed by atoms with E-state index in [1.807, 2.05) is 0 Å². The molecule has 0 radical (unpaired) electrons. The van der Waals surface area contributed by atoms with Gasteiger partial charge in [-0.25, -0.2) is 0 Å². The van der Waals surface area contributed by atoms with E-state index in [0.717, 1.165) is 51.4 Å². The fourth-order valence-corrected chi connectivity index (χ4v) is 7.95. The van der Waals surface area contributed by atoms with Crippen LogP contribution in [0.2, 0.25) is 0 Å². The quantitative estimate of drug-likeness (QED) is 0.248. The molecule has 1 aliphatic heterocycles. The lowest BCUT2D eigenvalue weighted by molar-refractivity contribution is -0.111. The van der Waals surface area contributed by atoms with Crippen molar-refractivity contribution in [1.82, 2.24) is 0 Å². The van der Waals surface area contributed by atoms with Crippen molar-refractivity contribution in [1.29, 1.82) is 0 Å². The SMILES string of the molecule is CCCCC#C[Si]1(C#CCCCC)O[C@H]2CCCC[C@H]2C(c2ccccc2)(c2ccccc2)O1. The molecule has 178 valence electrons. The van der Waals surface area contributed by atoms with Crippen LogP contribution in [-0.4, -0.2) is 14.7 Å². The lowest BCUT2D eigenvalue weighted by Gasteiger charge is -2.54. The van der Waals surface area contributed by atoms with E-state index in [0.29, 0.717) is 0 Å². The summed E-state index contributed by atoms with van der Waals surface area (Å²) in [4.78, 5) is 0. The summed E-state index contributed by atoms with van der Waals surface area (Å²) in [5, 5.41) is 0. The van der Waals surface area contributed by atoms with Gasteiger partial charge in [-0.15, -0.1) is 11.8 Å². The molecule has 0 N–H and O–H groups in total. The van der Waals surface area contributed by atoms with E-state index >= 15 is 0 Å². The monoisotopic (exact) mass is 470 g/mol. The molecule has 2 atom stereocenters. The number of benzene rings is 2. The smallest absolute Gasteiger partial charge is 0.373 e. The van der Waals surface area contributed by atoms with E-state index in [1.165, 1.54) is 24.0 Å². The summed E-state index contributed by atoms with van der Waals surface area (Å²) in [5.74, 6) is 7.12. The lowest BCUT2D eigenvalue weighted by Crippen LogP contribution is -2.62. The van der Waals surface area contributed by atoms with E-state index < -0.39 is 14.2 Å². The van der Waals surface area contributed by atoms with E-state index in [4.69, 9.17) is 8.85 Å². The maximum atomic E-state index is 7.33. The predicted molar refractivity (Wildman–Crippen MR) is 142 cm³/mol. The van der Waals surface area contributed by atoms with Gasteiger partial charge in [0.05, 0.1) is 6.10 Å². The summed E-state index contributed by atoms with van der Waals surface area (Å²) in [7, 11) is -3.11. The van der Waals surface area contributed by atoms with Crippen LogP contribution in [0, 0.1) is 28.8 Å². The first kappa shape index (κ1) is 24.8. The zero-order valence-corrected chi connectivity index (χ0v) is 21.8. The Morgan fingerprint density at radius 1 is 0.794 bits per heavy atom. The Morgan fingerprint density at radius 2 is 1.32 bits per heavy atom. The van der Waals surface area contributed by atoms with Crippen LogP contribution in [-0.2, 0) is 14.5 Å². The molecule has 3 heteroatoms. The van der Waals surface area contributed by atoms with Crippen LogP contribution in [0.5, 0.6) is 0 Å². The van der Waals surface area contributed by atoms with Gasteiger partial charge in [0.15, 0.2) is 0 Å². The maximum Gasteiger partial charge on any atom is 0.512 e. The van der Waals surface area contributed by atoms with E-state index in [-0.39, 0.29) is 12.0 Å². The van der Waals surface area contributed by atoms with Gasteiger partial charge in [-0.3, -0.25) is 0 Å². The summed E-state index contributed by atoms with van der Waals surface area (Å²) >= 11 is 0. The molecule has 1 aliphatic carbocycles. The second kappa shape index (κ2) is 11.9. The highest BCUT2D eigenvalue weighted by Crippen LogP contribution is 2.52. The molecular formula is C31H38O2Si. The first-order valence-electron chi connectivity index (χ1n) is 13.2. The normalized spacial score (nSPS) is 22.4. The molecule has 2 nitrogen and oxygen atoms in total. The Kier molecular flexibility index (Phi) is 8.68. The molecular weight excluding hydrogens is 432 g/mol. The van der Waals surface area contributed by atoms with Gasteiger partial charge in [-0.2, -0.15) is 0 Å². The number of hydrogen-bond donors (Lipinski definition) is 0. The lowest BCUT2D eigenvalue weighted by atomic mass is 9.68. The average molecular weight is 471 g/mol. The van der Waals surface area contributed by atoms with Crippen molar-refractivity contribution in [3.63, 3.8) is 0 Å². The summed E-state index contributed by atoms with van der Waals surface area (Å²) < 4.78 is 14.2. The molecule has 0 bridgehead atoms. The van der Waals surface area contributed by atoms with Gasteiger partial charge >= 0.3 is 8.56 Å². The minimum atomic E-state index is -3.11. The summed E-state index contributed by atoms with van der Waals surface area (Å²) in [5.41, 5.74) is 8.90. The van der Waals surface area contributed by atoms with Crippen LogP contribution in [0.25, 0.3) is 0 Å². The Hall–Kier alpha value is -2.30. The number of unbranched alkanes of at least 4 members (excludes halogenated alkanes) is 4. The highest BCUT2D eigenvalue weighted by molar-refractivity contribution is 6.83. The Morgan fingerprint density at radius 3 is 1.85 bits per heavy atom. The molecule has 0 spiro atoms. The van der Waals surface area contributed by atoms with Gasteiger partial charge in [0.1, 0.15) is 5.60 Å². The third kappa shape index (κ3) is 5.34. The van der Waals surface area contributed by atoms with Crippen LogP contribution in [0.1, 0.15) is 89.2 Å². The Labute approximate surface area is 207 Å². The van der Waals surface area contributed by atoms with Crippen LogP contribution in [0.3, 0.4) is 0 Å². The molecule has 0 aromatic heterocycles. The highest BCUT2D eigenvalue weighted by atomic mass is 28.4. The largest absolute Gasteiger partial charge is 0.512 e. The molecule has 2 aromatic carbocycles. The van der Waals surface area contributed by atoms with Crippen molar-refractivity contribution >= 4 is 8.56 Å². The first-order chi connectivity index (χ1) is 16.7. The first-order valence-corrected chi connectivity index (χ1v) is 15.0. The summed E-state index contributed by atoms with van der Waals surface area (Å²) in [6.45, 7) is 4.41.